The molecule has 2 aliphatic rings. The first-order valence-electron chi connectivity index (χ1n) is 11.4. The van der Waals surface area contributed by atoms with Crippen LogP contribution in [0.2, 0.25) is 5.02 Å². The second-order valence-corrected chi connectivity index (χ2v) is 9.55. The lowest BCUT2D eigenvalue weighted by atomic mass is 9.90. The van der Waals surface area contributed by atoms with E-state index in [1.54, 1.807) is 0 Å². The number of hydrogen-bond acceptors (Lipinski definition) is 3. The monoisotopic (exact) mass is 553 g/mol. The molecule has 0 saturated heterocycles. The van der Waals surface area contributed by atoms with Gasteiger partial charge in [0.2, 0.25) is 0 Å². The number of amides is 2. The number of alkyl halides is 4. The van der Waals surface area contributed by atoms with Crippen molar-refractivity contribution in [3.8, 4) is 0 Å². The number of carbonyl (C=O) groups excluding carboxylic acids is 2. The van der Waals surface area contributed by atoms with Crippen LogP contribution in [0, 0.1) is 11.6 Å². The van der Waals surface area contributed by atoms with Crippen LogP contribution in [0.15, 0.2) is 48.5 Å². The van der Waals surface area contributed by atoms with Crippen LogP contribution in [0.3, 0.4) is 0 Å². The van der Waals surface area contributed by atoms with Crippen molar-refractivity contribution in [1.82, 2.24) is 5.32 Å². The number of benzene rings is 3. The zero-order chi connectivity index (χ0) is 27.4. The highest BCUT2D eigenvalue weighted by Gasteiger charge is 2.36. The molecule has 1 unspecified atom stereocenters. The lowest BCUT2D eigenvalue weighted by molar-refractivity contribution is -0.137. The number of fused-ring (bicyclic) bond motifs is 1. The minimum atomic E-state index is -4.89. The summed E-state index contributed by atoms with van der Waals surface area (Å²) in [6.07, 6.45) is -5.40. The largest absolute Gasteiger partial charge is 0.416 e. The minimum absolute atomic E-state index is 0.00683. The van der Waals surface area contributed by atoms with Crippen molar-refractivity contribution in [2.45, 2.75) is 37.3 Å². The summed E-state index contributed by atoms with van der Waals surface area (Å²) in [6.45, 7) is 0. The first-order chi connectivity index (χ1) is 17.9. The number of halogens is 7. The molecular formula is C26H18ClF6N3O2. The van der Waals surface area contributed by atoms with Gasteiger partial charge in [-0.15, -0.1) is 0 Å². The molecule has 2 amide bonds. The predicted octanol–water partition coefficient (Wildman–Crippen LogP) is 6.63. The van der Waals surface area contributed by atoms with Gasteiger partial charge in [-0.25, -0.2) is 13.2 Å². The minimum Gasteiger partial charge on any atom is -0.382 e. The Hall–Kier alpha value is -3.73. The van der Waals surface area contributed by atoms with E-state index in [0.29, 0.717) is 17.8 Å². The maximum atomic E-state index is 14.1. The third kappa shape index (κ3) is 5.02. The van der Waals surface area contributed by atoms with Crippen molar-refractivity contribution >= 4 is 34.8 Å². The zero-order valence-electron chi connectivity index (χ0n) is 19.2. The van der Waals surface area contributed by atoms with Crippen molar-refractivity contribution in [2.75, 3.05) is 10.6 Å². The van der Waals surface area contributed by atoms with E-state index < -0.39 is 53.0 Å². The average Bonchev–Trinajstić information content (AvgIpc) is 3.15. The Morgan fingerprint density at radius 2 is 1.74 bits per heavy atom. The summed E-state index contributed by atoms with van der Waals surface area (Å²) >= 11 is 6.26. The highest BCUT2D eigenvalue weighted by molar-refractivity contribution is 6.31. The van der Waals surface area contributed by atoms with Crippen LogP contribution in [-0.2, 0) is 6.18 Å². The van der Waals surface area contributed by atoms with Crippen LogP contribution >= 0.6 is 11.6 Å². The molecule has 12 heteroatoms. The van der Waals surface area contributed by atoms with Crippen LogP contribution in [-0.4, -0.2) is 24.0 Å². The molecule has 3 N–H and O–H groups in total. The Labute approximate surface area is 217 Å². The normalized spacial score (nSPS) is 20.4. The maximum absolute atomic E-state index is 14.1. The Kier molecular flexibility index (Phi) is 6.50. The molecule has 0 spiro atoms. The van der Waals surface area contributed by atoms with E-state index in [1.165, 1.54) is 18.2 Å². The molecule has 1 aliphatic heterocycles. The van der Waals surface area contributed by atoms with Crippen LogP contribution in [0.5, 0.6) is 0 Å². The molecule has 1 saturated carbocycles. The smallest absolute Gasteiger partial charge is 0.382 e. The van der Waals surface area contributed by atoms with E-state index in [2.05, 4.69) is 16.0 Å². The van der Waals surface area contributed by atoms with E-state index >= 15 is 0 Å². The van der Waals surface area contributed by atoms with Gasteiger partial charge in [0.25, 0.3) is 11.8 Å². The molecule has 0 radical (unpaired) electrons. The SMILES string of the molecule is O=C(Nc1cc(N[C@H]2C[C@@H](F)C2)cc2c1C(c1cc(F)ccc1Cl)NC2=O)c1cc(F)cc(C(F)(F)F)c1. The van der Waals surface area contributed by atoms with E-state index in [0.717, 1.165) is 12.1 Å². The summed E-state index contributed by atoms with van der Waals surface area (Å²) in [5.41, 5.74) is -1.18. The third-order valence-corrected chi connectivity index (χ3v) is 6.79. The summed E-state index contributed by atoms with van der Waals surface area (Å²) in [4.78, 5) is 25.9. The van der Waals surface area contributed by atoms with Crippen molar-refractivity contribution in [3.63, 3.8) is 0 Å². The number of hydrogen-bond donors (Lipinski definition) is 3. The molecule has 1 fully saturated rings. The van der Waals surface area contributed by atoms with Crippen molar-refractivity contribution in [3.05, 3.63) is 93.0 Å². The molecule has 0 bridgehead atoms. The van der Waals surface area contributed by atoms with Gasteiger partial charge < -0.3 is 16.0 Å². The van der Waals surface area contributed by atoms with E-state index in [1.807, 2.05) is 0 Å². The van der Waals surface area contributed by atoms with Crippen molar-refractivity contribution in [2.24, 2.45) is 0 Å². The summed E-state index contributed by atoms with van der Waals surface area (Å²) in [6, 6.07) is 6.59. The van der Waals surface area contributed by atoms with Crippen molar-refractivity contribution < 1.29 is 35.9 Å². The molecule has 38 heavy (non-hydrogen) atoms. The zero-order valence-corrected chi connectivity index (χ0v) is 20.0. The molecule has 1 atom stereocenters. The molecule has 1 aliphatic carbocycles. The van der Waals surface area contributed by atoms with E-state index in [4.69, 9.17) is 11.6 Å². The predicted molar refractivity (Wildman–Crippen MR) is 128 cm³/mol. The Morgan fingerprint density at radius 1 is 1.00 bits per heavy atom. The molecular weight excluding hydrogens is 536 g/mol. The topological polar surface area (TPSA) is 70.2 Å². The Morgan fingerprint density at radius 3 is 2.42 bits per heavy atom. The van der Waals surface area contributed by atoms with Gasteiger partial charge >= 0.3 is 6.18 Å². The van der Waals surface area contributed by atoms with Gasteiger partial charge in [-0.3, -0.25) is 9.59 Å². The lowest BCUT2D eigenvalue weighted by Crippen LogP contribution is -2.36. The van der Waals surface area contributed by atoms with Gasteiger partial charge in [0.15, 0.2) is 0 Å². The first-order valence-corrected chi connectivity index (χ1v) is 11.8. The molecule has 5 nitrogen and oxygen atoms in total. The number of nitrogens with one attached hydrogen (secondary N) is 3. The second-order valence-electron chi connectivity index (χ2n) is 9.15. The quantitative estimate of drug-likeness (QED) is 0.310. The standard InChI is InChI=1S/C26H18ClF6N3O2/c27-20-2-1-13(28)8-18(20)23-22-19(25(38)36-23)9-17(34-16-6-15(30)7-16)10-21(22)35-24(37)11-3-12(26(31,32)33)5-14(29)4-11/h1-5,8-10,15-16,23,34H,6-7H2,(H,35,37)(H,36,38)/t15-,16+,23?. The van der Waals surface area contributed by atoms with E-state index in [-0.39, 0.29) is 52.4 Å². The van der Waals surface area contributed by atoms with Gasteiger partial charge in [-0.2, -0.15) is 13.2 Å². The maximum Gasteiger partial charge on any atom is 0.416 e. The molecule has 3 aromatic carbocycles. The fraction of sp³-hybridized carbons (Fsp3) is 0.231. The molecule has 3 aromatic rings. The van der Waals surface area contributed by atoms with Gasteiger partial charge in [-0.1, -0.05) is 11.6 Å². The summed E-state index contributed by atoms with van der Waals surface area (Å²) < 4.78 is 80.9. The average molecular weight is 554 g/mol. The van der Waals surface area contributed by atoms with Crippen LogP contribution in [0.4, 0.5) is 37.7 Å². The second kappa shape index (κ2) is 9.54. The van der Waals surface area contributed by atoms with E-state index in [9.17, 15) is 35.9 Å². The number of anilines is 2. The molecule has 198 valence electrons. The number of carbonyl (C=O) groups is 2. The van der Waals surface area contributed by atoms with Gasteiger partial charge in [0, 0.05) is 44.7 Å². The van der Waals surface area contributed by atoms with Crippen molar-refractivity contribution in [1.29, 1.82) is 0 Å². The Bertz CT molecular complexity index is 1460. The van der Waals surface area contributed by atoms with Crippen LogP contribution in [0.25, 0.3) is 0 Å². The van der Waals surface area contributed by atoms with Gasteiger partial charge in [0.1, 0.15) is 17.8 Å². The fourth-order valence-corrected chi connectivity index (χ4v) is 4.80. The highest BCUT2D eigenvalue weighted by atomic mass is 35.5. The fourth-order valence-electron chi connectivity index (χ4n) is 4.57. The first kappa shape index (κ1) is 25.9. The Balaban J connectivity index is 1.58. The summed E-state index contributed by atoms with van der Waals surface area (Å²) in [5, 5.41) is 8.31. The van der Waals surface area contributed by atoms with Gasteiger partial charge in [0.05, 0.1) is 11.6 Å². The number of rotatable bonds is 5. The van der Waals surface area contributed by atoms with Crippen LogP contribution < -0.4 is 16.0 Å². The lowest BCUT2D eigenvalue weighted by Gasteiger charge is -2.31. The molecule has 1 heterocycles. The van der Waals surface area contributed by atoms with Gasteiger partial charge in [-0.05, 0) is 61.4 Å². The third-order valence-electron chi connectivity index (χ3n) is 6.44. The summed E-state index contributed by atoms with van der Waals surface area (Å²) in [5.74, 6) is -3.56. The molecule has 0 aromatic heterocycles. The summed E-state index contributed by atoms with van der Waals surface area (Å²) in [7, 11) is 0. The molecule has 5 rings (SSSR count). The van der Waals surface area contributed by atoms with Crippen LogP contribution in [0.1, 0.15) is 56.3 Å². The highest BCUT2D eigenvalue weighted by Crippen LogP contribution is 2.42.